The molecular formula is C79H90AlBrCl4LiMgMn2N10O25. The number of benzene rings is 8. The van der Waals surface area contributed by atoms with Gasteiger partial charge in [-0.05, 0) is 123 Å². The number of fused-ring (bicyclic) bond motifs is 5. The number of aromatic carboxylic acids is 1. The first-order chi connectivity index (χ1) is 58.0. The van der Waals surface area contributed by atoms with Crippen molar-refractivity contribution in [2.24, 2.45) is 0 Å². The van der Waals surface area contributed by atoms with Gasteiger partial charge < -0.3 is 106 Å². The minimum atomic E-state index is -1.44. The van der Waals surface area contributed by atoms with Crippen molar-refractivity contribution in [2.45, 2.75) is 45.3 Å². The number of aromatic hydroxyl groups is 3. The Hall–Kier alpha value is -9.06. The summed E-state index contributed by atoms with van der Waals surface area (Å²) >= 11 is 16.2. The number of aldehydes is 1. The Balaban J connectivity index is 0. The van der Waals surface area contributed by atoms with E-state index in [1.54, 1.807) is 129 Å². The molecule has 13 aromatic rings. The predicted octanol–water partition coefficient (Wildman–Crippen LogP) is 7.44. The monoisotopic (exact) mass is 1970 g/mol. The van der Waals surface area contributed by atoms with Crippen LogP contribution < -0.4 is 83.2 Å². The maximum atomic E-state index is 12.9. The molecule has 124 heavy (non-hydrogen) atoms. The zero-order valence-corrected chi connectivity index (χ0v) is 78.7. The van der Waals surface area contributed by atoms with Crippen molar-refractivity contribution in [3.05, 3.63) is 179 Å². The number of carbonyl (C=O) groups excluding carboxylic acids is 2. The number of ether oxygens (including phenoxy) is 12. The Labute approximate surface area is 794 Å². The van der Waals surface area contributed by atoms with Crippen LogP contribution in [-0.4, -0.2) is 248 Å². The third kappa shape index (κ3) is 35.0. The number of phenolic OH excluding ortho intramolecular Hbond substituents is 3. The molecule has 2 saturated heterocycles. The first-order valence-corrected chi connectivity index (χ1v) is 39.0. The minimum absolute atomic E-state index is 0. The molecule has 35 nitrogen and oxygen atoms in total. The number of H-pyrrole nitrogens is 5. The second kappa shape index (κ2) is 63.8. The van der Waals surface area contributed by atoms with Crippen LogP contribution in [0.5, 0.6) is 74.7 Å². The third-order valence-corrected chi connectivity index (χ3v) is 16.5. The van der Waals surface area contributed by atoms with Crippen LogP contribution in [0.4, 0.5) is 0 Å². The average Bonchev–Trinajstić information content (AvgIpc) is 1.70. The fourth-order valence-corrected chi connectivity index (χ4v) is 10.7. The summed E-state index contributed by atoms with van der Waals surface area (Å²) < 4.78 is 95.6. The molecule has 1 unspecified atom stereocenters. The zero-order valence-electron chi connectivity index (χ0n) is 70.2. The molecule has 2 aliphatic heterocycles. The number of nitrogens with zero attached hydrogens (tertiary/aromatic N) is 5. The molecule has 0 saturated carbocycles. The quantitative estimate of drug-likeness (QED) is 0.0105. The van der Waals surface area contributed by atoms with E-state index in [-0.39, 0.29) is 118 Å². The summed E-state index contributed by atoms with van der Waals surface area (Å²) in [5, 5.41) is 92.7. The number of halogens is 5. The number of nitrogens with one attached hydrogen (secondary N) is 5. The summed E-state index contributed by atoms with van der Waals surface area (Å²) in [6.45, 7) is 5.85. The van der Waals surface area contributed by atoms with Crippen molar-refractivity contribution in [3.63, 3.8) is 0 Å². The number of carboxylic acid groups (broad SMARTS) is 1. The van der Waals surface area contributed by atoms with E-state index in [4.69, 9.17) is 144 Å². The number of aromatic amines is 5. The van der Waals surface area contributed by atoms with E-state index in [0.29, 0.717) is 90.6 Å². The SMILES string of the molecule is C1CCOC1.C1CCOC1.COc1ccc2c(C(=O)O)n[nH]c2c1.COc1ccc2c(C(=O)c3cc(OC)c(C)c(OC)c3)n[nH]c2c1.COc1ccc2c(C(O)c3cc(OC)c(OC)c(OC)c3)[nH]nc2c1.COc1ccc2c(C=O)[nH]nc2c1.COc1ccc2c(CO)[nH]nc2c1.ClCCl.ClCCl.Oc1c[c-]cc(O)c1O.[Al].[Br-].[H-].[Li+].[Mg+2].[O]=[Mn]=[O].[O]=[Mn]=[O]. The first kappa shape index (κ1) is 115. The predicted molar refractivity (Wildman–Crippen MR) is 448 cm³/mol. The maximum absolute atomic E-state index is 12.9. The van der Waals surface area contributed by atoms with Gasteiger partial charge in [0.25, 0.3) is 0 Å². The van der Waals surface area contributed by atoms with Crippen molar-refractivity contribution in [1.29, 1.82) is 0 Å². The molecule has 2 fully saturated rings. The topological polar surface area (TPSA) is 495 Å². The van der Waals surface area contributed by atoms with E-state index < -0.39 is 47.5 Å². The van der Waals surface area contributed by atoms with E-state index in [1.165, 1.54) is 47.0 Å². The third-order valence-electron chi connectivity index (χ3n) is 16.5. The standard InChI is InChI=1S/C18H20N2O5.C18H18N2O4.C9H8N2O3.C9H10N2O2.C9H8N2O2.C6H5O3.2C4H8O.2CH2Cl2.Al.BrH.Li.Mg.2Mn.4O.H/c1-22-11-5-6-12-13(9-11)19-20-16(12)17(21)10-7-14(23-2)18(25-4)15(8-10)24-3;1-10-15(23-3)7-11(8-16(10)24-4)18(21)17-13-6-5-12(22-2)9-14(13)19-20-17;1-14-5-2-3-6-7(4-5)10-11-8(6)9(12)13;2*1-13-6-2-3-7-8(4-6)10-11-9(7)5-12;7-4-2-1-3-5(8)6(4)9;2*1-2-4-5-3-1;2*2-1-3;;;;;;;;;;;/h5-9,17,21H,1-4H3,(H,19,20);5-9H,1-4H3,(H,19,20);2-4H,1H3,(H,10,11)(H,12,13);2-4,12H,5H2,1H3,(H,10,11);2-5H,1H3,(H,10,11);2-3,7-9H;2*1-4H2;2*1H2;;1H;;;;;;;;;/q;;;;;-1;;;;;;;+1;+2;;;;;;;-1/p-1. The van der Waals surface area contributed by atoms with Gasteiger partial charge in [0.2, 0.25) is 11.5 Å². The van der Waals surface area contributed by atoms with Gasteiger partial charge in [-0.15, -0.1) is 58.5 Å². The van der Waals surface area contributed by atoms with Gasteiger partial charge in [0.15, 0.2) is 23.5 Å². The van der Waals surface area contributed by atoms with Crippen LogP contribution in [0, 0.1) is 13.0 Å². The van der Waals surface area contributed by atoms with E-state index in [1.807, 2.05) is 43.3 Å². The Morgan fingerprint density at radius 1 is 0.516 bits per heavy atom. The van der Waals surface area contributed by atoms with Gasteiger partial charge in [-0.3, -0.25) is 35.1 Å². The second-order valence-electron chi connectivity index (χ2n) is 23.4. The zero-order chi connectivity index (χ0) is 88.6. The fraction of sp³-hybridized carbons (Fsp3) is 0.291. The van der Waals surface area contributed by atoms with Gasteiger partial charge in [-0.25, -0.2) is 4.79 Å². The molecule has 0 spiro atoms. The number of hydrogen-bond donors (Lipinski definition) is 11. The van der Waals surface area contributed by atoms with Crippen LogP contribution in [0.3, 0.4) is 0 Å². The molecule has 0 amide bonds. The molecular weight excluding hydrogens is 1880 g/mol. The van der Waals surface area contributed by atoms with E-state index in [2.05, 4.69) is 57.1 Å². The number of carboxylic acids is 1. The number of rotatable bonds is 17. The number of phenols is 3. The van der Waals surface area contributed by atoms with Crippen LogP contribution in [-0.2, 0) is 61.1 Å². The summed E-state index contributed by atoms with van der Waals surface area (Å²) in [7, 11) is 15.7. The average molecular weight is 1970 g/mol. The molecule has 45 heteroatoms. The number of carbonyl (C=O) groups is 3. The number of ketones is 1. The van der Waals surface area contributed by atoms with Gasteiger partial charge in [0.1, 0.15) is 57.7 Å². The molecule has 3 radical (unpaired) electrons. The molecule has 661 valence electrons. The Bertz CT molecular complexity index is 5330. The number of aromatic nitrogens is 10. The van der Waals surface area contributed by atoms with Crippen LogP contribution in [0.15, 0.2) is 127 Å². The number of aliphatic hydroxyl groups excluding tert-OH is 2. The molecule has 11 N–H and O–H groups in total. The van der Waals surface area contributed by atoms with Crippen molar-refractivity contribution in [3.8, 4) is 74.7 Å². The summed E-state index contributed by atoms with van der Waals surface area (Å²) in [6, 6.07) is 38.4. The van der Waals surface area contributed by atoms with Gasteiger partial charge in [0, 0.05) is 124 Å². The Kier molecular flexibility index (Phi) is 59.1. The summed E-state index contributed by atoms with van der Waals surface area (Å²) in [5.41, 5.74) is 7.73. The molecule has 15 rings (SSSR count). The molecule has 7 heterocycles. The molecule has 0 bridgehead atoms. The van der Waals surface area contributed by atoms with Crippen LogP contribution in [0.2, 0.25) is 0 Å². The summed E-state index contributed by atoms with van der Waals surface area (Å²) in [4.78, 5) is 34.1. The first-order valence-electron chi connectivity index (χ1n) is 34.9. The van der Waals surface area contributed by atoms with Crippen LogP contribution in [0.25, 0.3) is 54.5 Å². The van der Waals surface area contributed by atoms with Crippen LogP contribution >= 0.6 is 46.4 Å². The van der Waals surface area contributed by atoms with Crippen molar-refractivity contribution in [2.75, 3.05) is 108 Å². The number of alkyl halides is 4. The van der Waals surface area contributed by atoms with E-state index >= 15 is 0 Å². The van der Waals surface area contributed by atoms with Crippen molar-refractivity contribution < 1.29 is 184 Å². The van der Waals surface area contributed by atoms with Gasteiger partial charge in [0.05, 0.1) is 133 Å². The van der Waals surface area contributed by atoms with Crippen molar-refractivity contribution >= 4 is 159 Å². The van der Waals surface area contributed by atoms with Gasteiger partial charge >= 0.3 is 92.9 Å². The van der Waals surface area contributed by atoms with E-state index in [9.17, 15) is 19.5 Å². The molecule has 0 aliphatic carbocycles. The number of methoxy groups -OCH3 is 10. The number of aliphatic hydroxyl groups is 2. The summed E-state index contributed by atoms with van der Waals surface area (Å²) in [6.07, 6.45) is 4.93. The Morgan fingerprint density at radius 3 is 1.25 bits per heavy atom. The molecule has 1 atom stereocenters. The van der Waals surface area contributed by atoms with Crippen molar-refractivity contribution in [1.82, 2.24) is 51.0 Å². The van der Waals surface area contributed by atoms with Gasteiger partial charge in [-0.2, -0.15) is 31.6 Å². The molecule has 2 aliphatic rings. The Morgan fingerprint density at radius 2 is 0.879 bits per heavy atom. The normalized spacial score (nSPS) is 10.9. The number of hydrogen-bond acceptors (Lipinski definition) is 29. The molecule has 8 aromatic carbocycles. The fourth-order valence-electron chi connectivity index (χ4n) is 10.7. The van der Waals surface area contributed by atoms with E-state index in [0.717, 1.165) is 106 Å². The second-order valence-corrected chi connectivity index (χ2v) is 25.4. The molecule has 5 aromatic heterocycles. The van der Waals surface area contributed by atoms with Crippen LogP contribution in [0.1, 0.15) is 92.8 Å². The van der Waals surface area contributed by atoms with Gasteiger partial charge in [-0.1, -0.05) is 0 Å². The summed E-state index contributed by atoms with van der Waals surface area (Å²) in [5.74, 6) is 3.69.